The molecule has 2 aromatic rings. The highest BCUT2D eigenvalue weighted by Crippen LogP contribution is 2.34. The lowest BCUT2D eigenvalue weighted by molar-refractivity contribution is -0.143. The van der Waals surface area contributed by atoms with Crippen LogP contribution in [0.25, 0.3) is 5.82 Å². The third-order valence-corrected chi connectivity index (χ3v) is 2.48. The summed E-state index contributed by atoms with van der Waals surface area (Å²) in [6.45, 7) is 0. The molecule has 0 bridgehead atoms. The first kappa shape index (κ1) is 14.8. The summed E-state index contributed by atoms with van der Waals surface area (Å²) in [5, 5.41) is 12.0. The van der Waals surface area contributed by atoms with Crippen LogP contribution in [0.15, 0.2) is 18.3 Å². The second-order valence-electron chi connectivity index (χ2n) is 3.78. The summed E-state index contributed by atoms with van der Waals surface area (Å²) in [6.07, 6.45) is -4.58. The molecule has 0 aromatic carbocycles. The minimum Gasteiger partial charge on any atom is -0.481 e. The van der Waals surface area contributed by atoms with Crippen LogP contribution in [0.3, 0.4) is 0 Å². The lowest BCUT2D eigenvalue weighted by Crippen LogP contribution is -2.18. The van der Waals surface area contributed by atoms with E-state index in [1.54, 1.807) is 0 Å². The summed E-state index contributed by atoms with van der Waals surface area (Å²) < 4.78 is 57.4. The number of carboxylic acids is 1. The van der Waals surface area contributed by atoms with Gasteiger partial charge >= 0.3 is 12.1 Å². The van der Waals surface area contributed by atoms with E-state index in [0.717, 1.165) is 12.1 Å². The minimum absolute atomic E-state index is 0.0846. The van der Waals surface area contributed by atoms with Crippen molar-refractivity contribution < 1.29 is 32.2 Å². The van der Waals surface area contributed by atoms with Gasteiger partial charge in [0.1, 0.15) is 5.56 Å². The van der Waals surface area contributed by atoms with Gasteiger partial charge in [0.25, 0.3) is 0 Å². The number of methoxy groups -OCH3 is 1. The average Bonchev–Trinajstić information content (AvgIpc) is 2.84. The van der Waals surface area contributed by atoms with Crippen LogP contribution in [0, 0.1) is 5.82 Å². The third kappa shape index (κ3) is 2.64. The van der Waals surface area contributed by atoms with Gasteiger partial charge < -0.3 is 9.84 Å². The number of ether oxygens (including phenoxy) is 1. The Morgan fingerprint density at radius 3 is 2.57 bits per heavy atom. The number of rotatable bonds is 3. The summed E-state index contributed by atoms with van der Waals surface area (Å²) >= 11 is 0. The average molecular weight is 305 g/mol. The molecule has 0 atom stereocenters. The molecule has 112 valence electrons. The number of carbonyl (C=O) groups is 1. The molecule has 21 heavy (non-hydrogen) atoms. The van der Waals surface area contributed by atoms with Crippen LogP contribution < -0.4 is 4.74 Å². The fourth-order valence-corrected chi connectivity index (χ4v) is 1.61. The molecule has 0 aliphatic rings. The third-order valence-electron chi connectivity index (χ3n) is 2.48. The number of pyridine rings is 1. The maximum atomic E-state index is 13.7. The van der Waals surface area contributed by atoms with Gasteiger partial charge in [0.05, 0.1) is 13.3 Å². The molecule has 0 aliphatic carbocycles. The summed E-state index contributed by atoms with van der Waals surface area (Å²) in [4.78, 5) is 14.3. The van der Waals surface area contributed by atoms with Crippen molar-refractivity contribution in [2.24, 2.45) is 0 Å². The lowest BCUT2D eigenvalue weighted by atomic mass is 10.2. The van der Waals surface area contributed by atoms with E-state index in [9.17, 15) is 22.4 Å². The van der Waals surface area contributed by atoms with Crippen molar-refractivity contribution in [3.8, 4) is 11.7 Å². The van der Waals surface area contributed by atoms with E-state index >= 15 is 0 Å². The largest absolute Gasteiger partial charge is 0.481 e. The predicted octanol–water partition coefficient (Wildman–Crippen LogP) is 2.13. The Balaban J connectivity index is 2.73. The van der Waals surface area contributed by atoms with Crippen molar-refractivity contribution in [3.63, 3.8) is 0 Å². The Morgan fingerprint density at radius 1 is 1.38 bits per heavy atom. The lowest BCUT2D eigenvalue weighted by Gasteiger charge is -2.12. The molecule has 0 saturated heterocycles. The number of nitrogens with zero attached hydrogens (tertiary/aromatic N) is 3. The maximum absolute atomic E-state index is 13.7. The number of hydrogen-bond donors (Lipinski definition) is 1. The maximum Gasteiger partial charge on any atom is 0.434 e. The zero-order chi connectivity index (χ0) is 15.8. The van der Waals surface area contributed by atoms with E-state index in [2.05, 4.69) is 10.1 Å². The summed E-state index contributed by atoms with van der Waals surface area (Å²) in [5.74, 6) is -3.90. The molecule has 0 spiro atoms. The van der Waals surface area contributed by atoms with E-state index in [1.165, 1.54) is 7.11 Å². The molecule has 2 aromatic heterocycles. The van der Waals surface area contributed by atoms with Crippen molar-refractivity contribution >= 4 is 5.97 Å². The van der Waals surface area contributed by atoms with Gasteiger partial charge in [-0.1, -0.05) is 0 Å². The van der Waals surface area contributed by atoms with Gasteiger partial charge in [0, 0.05) is 6.07 Å². The topological polar surface area (TPSA) is 77.2 Å². The Labute approximate surface area is 114 Å². The molecule has 6 nitrogen and oxygen atoms in total. The Hall–Kier alpha value is -2.65. The van der Waals surface area contributed by atoms with E-state index in [1.807, 2.05) is 0 Å². The molecule has 0 aliphatic heterocycles. The normalized spacial score (nSPS) is 11.5. The van der Waals surface area contributed by atoms with Crippen LogP contribution in [0.5, 0.6) is 5.88 Å². The van der Waals surface area contributed by atoms with Crippen LogP contribution in [-0.2, 0) is 6.18 Å². The van der Waals surface area contributed by atoms with Gasteiger partial charge in [-0.05, 0) is 6.07 Å². The van der Waals surface area contributed by atoms with Crippen LogP contribution in [0.1, 0.15) is 16.1 Å². The number of alkyl halides is 3. The highest BCUT2D eigenvalue weighted by atomic mass is 19.4. The number of hydrogen-bond acceptors (Lipinski definition) is 4. The molecule has 0 unspecified atom stereocenters. The second kappa shape index (κ2) is 5.04. The number of halogens is 4. The molecule has 1 N–H and O–H groups in total. The fraction of sp³-hybridized carbons (Fsp3) is 0.182. The zero-order valence-corrected chi connectivity index (χ0v) is 10.3. The van der Waals surface area contributed by atoms with Gasteiger partial charge in [-0.3, -0.25) is 0 Å². The Morgan fingerprint density at radius 2 is 2.05 bits per heavy atom. The Bertz CT molecular complexity index is 697. The summed E-state index contributed by atoms with van der Waals surface area (Å²) in [5.41, 5.74) is -2.74. The molecule has 0 fully saturated rings. The predicted molar refractivity (Wildman–Crippen MR) is 59.8 cm³/mol. The molecule has 10 heteroatoms. The van der Waals surface area contributed by atoms with Gasteiger partial charge in [-0.15, -0.1) is 0 Å². The van der Waals surface area contributed by atoms with Crippen LogP contribution in [-0.4, -0.2) is 33.0 Å². The van der Waals surface area contributed by atoms with Crippen molar-refractivity contribution in [3.05, 3.63) is 35.4 Å². The molecule has 0 saturated carbocycles. The molecule has 2 heterocycles. The first-order valence-electron chi connectivity index (χ1n) is 5.35. The fourth-order valence-electron chi connectivity index (χ4n) is 1.61. The van der Waals surface area contributed by atoms with E-state index < -0.39 is 35.0 Å². The van der Waals surface area contributed by atoms with Crippen LogP contribution >= 0.6 is 0 Å². The zero-order valence-electron chi connectivity index (χ0n) is 10.3. The van der Waals surface area contributed by atoms with Gasteiger partial charge in [-0.25, -0.2) is 13.9 Å². The molecular formula is C11H7F4N3O3. The first-order valence-corrected chi connectivity index (χ1v) is 5.35. The molecule has 0 amide bonds. The van der Waals surface area contributed by atoms with Crippen molar-refractivity contribution in [2.75, 3.05) is 7.11 Å². The molecule has 0 radical (unpaired) electrons. The number of carboxylic acid groups (broad SMARTS) is 1. The number of aromatic nitrogens is 3. The Kier molecular flexibility index (Phi) is 3.54. The van der Waals surface area contributed by atoms with Crippen LogP contribution in [0.4, 0.5) is 17.6 Å². The van der Waals surface area contributed by atoms with E-state index in [4.69, 9.17) is 9.84 Å². The van der Waals surface area contributed by atoms with Crippen molar-refractivity contribution in [1.82, 2.24) is 14.8 Å². The standard InChI is InChI=1S/C11H7F4N3O3/c1-21-7-3-2-6(12)9(17-7)18-8(11(13,14)15)5(4-16-18)10(19)20/h2-4H,1H3,(H,19,20). The monoisotopic (exact) mass is 305 g/mol. The molecular weight excluding hydrogens is 298 g/mol. The quantitative estimate of drug-likeness (QED) is 0.879. The van der Waals surface area contributed by atoms with Crippen molar-refractivity contribution in [2.45, 2.75) is 6.18 Å². The molecule has 2 rings (SSSR count). The van der Waals surface area contributed by atoms with Gasteiger partial charge in [-0.2, -0.15) is 23.3 Å². The van der Waals surface area contributed by atoms with Crippen molar-refractivity contribution in [1.29, 1.82) is 0 Å². The van der Waals surface area contributed by atoms with Gasteiger partial charge in [0.15, 0.2) is 17.3 Å². The smallest absolute Gasteiger partial charge is 0.434 e. The first-order chi connectivity index (χ1) is 9.75. The number of aromatic carboxylic acids is 1. The van der Waals surface area contributed by atoms with E-state index in [0.29, 0.717) is 6.20 Å². The minimum atomic E-state index is -5.05. The highest BCUT2D eigenvalue weighted by Gasteiger charge is 2.41. The highest BCUT2D eigenvalue weighted by molar-refractivity contribution is 5.89. The van der Waals surface area contributed by atoms with E-state index in [-0.39, 0.29) is 10.6 Å². The summed E-state index contributed by atoms with van der Waals surface area (Å²) in [7, 11) is 1.19. The summed E-state index contributed by atoms with van der Waals surface area (Å²) in [6, 6.07) is 1.94. The SMILES string of the molecule is COc1ccc(F)c(-n2ncc(C(=O)O)c2C(F)(F)F)n1. The van der Waals surface area contributed by atoms with Gasteiger partial charge in [0.2, 0.25) is 5.88 Å². The van der Waals surface area contributed by atoms with Crippen LogP contribution in [0.2, 0.25) is 0 Å². The second-order valence-corrected chi connectivity index (χ2v) is 3.78.